The molecule has 5 atom stereocenters. The predicted molar refractivity (Wildman–Crippen MR) is 125 cm³/mol. The fourth-order valence-electron chi connectivity index (χ4n) is 4.90. The summed E-state index contributed by atoms with van der Waals surface area (Å²) in [6.45, 7) is -0.536. The number of aryl methyl sites for hydroxylation is 1. The van der Waals surface area contributed by atoms with Gasteiger partial charge < -0.3 is 30.5 Å². The molecular weight excluding hydrogens is 422 g/mol. The number of ether oxygens (including phenoxy) is 1. The van der Waals surface area contributed by atoms with Gasteiger partial charge in [-0.05, 0) is 50.7 Å². The van der Waals surface area contributed by atoms with Crippen LogP contribution in [0, 0.1) is 0 Å². The molecule has 0 unspecified atom stereocenters. The number of hydrogen-bond acceptors (Lipinski definition) is 6. The Kier molecular flexibility index (Phi) is 5.90. The molecular formula is C26H27NO6. The summed E-state index contributed by atoms with van der Waals surface area (Å²) in [6, 6.07) is 19.1. The van der Waals surface area contributed by atoms with E-state index in [1.165, 1.54) is 37.9 Å². The zero-order chi connectivity index (χ0) is 23.1. The molecule has 5 N–H and O–H groups in total. The van der Waals surface area contributed by atoms with E-state index in [9.17, 15) is 25.2 Å². The topological polar surface area (TPSA) is 119 Å². The molecule has 1 saturated heterocycles. The highest BCUT2D eigenvalue weighted by Crippen LogP contribution is 2.36. The van der Waals surface area contributed by atoms with E-state index < -0.39 is 37.3 Å². The van der Waals surface area contributed by atoms with Crippen LogP contribution in [0.1, 0.15) is 18.4 Å². The van der Waals surface area contributed by atoms with Crippen molar-refractivity contribution < 1.29 is 30.0 Å². The van der Waals surface area contributed by atoms with Crippen molar-refractivity contribution in [2.24, 2.45) is 0 Å². The molecule has 4 aromatic rings. The maximum absolute atomic E-state index is 12.5. The normalized spacial score (nSPS) is 25.8. The Labute approximate surface area is 190 Å². The SMILES string of the molecule is O=C(CCCc1ccc2ccc3cccc4ccc1c2c34)N[C@@H]1O[C@H](CO)[C@H](O)[C@H](O)[C@H]1O. The fraction of sp³-hybridized carbons (Fsp3) is 0.346. The highest BCUT2D eigenvalue weighted by atomic mass is 16.6. The van der Waals surface area contributed by atoms with Gasteiger partial charge in [0.05, 0.1) is 6.61 Å². The van der Waals surface area contributed by atoms with E-state index in [4.69, 9.17) is 4.74 Å². The maximum Gasteiger partial charge on any atom is 0.222 e. The summed E-state index contributed by atoms with van der Waals surface area (Å²) in [7, 11) is 0. The third-order valence-electron chi connectivity index (χ3n) is 6.66. The number of rotatable bonds is 6. The van der Waals surface area contributed by atoms with Crippen molar-refractivity contribution in [3.63, 3.8) is 0 Å². The first-order chi connectivity index (χ1) is 16.0. The van der Waals surface area contributed by atoms with Crippen molar-refractivity contribution in [2.75, 3.05) is 6.61 Å². The Balaban J connectivity index is 1.28. The molecule has 7 heteroatoms. The smallest absolute Gasteiger partial charge is 0.222 e. The fourth-order valence-corrected chi connectivity index (χ4v) is 4.90. The minimum absolute atomic E-state index is 0.205. The van der Waals surface area contributed by atoms with Gasteiger partial charge in [0, 0.05) is 6.42 Å². The first-order valence-corrected chi connectivity index (χ1v) is 11.2. The van der Waals surface area contributed by atoms with Crippen molar-refractivity contribution in [1.82, 2.24) is 5.32 Å². The Morgan fingerprint density at radius 2 is 1.52 bits per heavy atom. The monoisotopic (exact) mass is 449 g/mol. The summed E-state index contributed by atoms with van der Waals surface area (Å²) in [5.74, 6) is -0.336. The van der Waals surface area contributed by atoms with Gasteiger partial charge in [-0.25, -0.2) is 0 Å². The van der Waals surface area contributed by atoms with E-state index in [1.807, 2.05) is 0 Å². The van der Waals surface area contributed by atoms with Crippen molar-refractivity contribution in [3.05, 3.63) is 60.2 Å². The lowest BCUT2D eigenvalue weighted by Crippen LogP contribution is -2.63. The van der Waals surface area contributed by atoms with E-state index in [0.717, 1.165) is 0 Å². The lowest BCUT2D eigenvalue weighted by molar-refractivity contribution is -0.236. The highest BCUT2D eigenvalue weighted by molar-refractivity contribution is 6.23. The molecule has 5 rings (SSSR count). The standard InChI is InChI=1S/C26H27NO6/c28-13-19-23(30)24(31)25(32)26(33-19)27-20(29)6-2-3-14-7-8-17-10-9-15-4-1-5-16-11-12-18(14)22(17)21(15)16/h1,4-5,7-12,19,23-26,28,30-32H,2-3,6,13H2,(H,27,29)/t19-,23+,24+,25-,26-/m1/s1. The van der Waals surface area contributed by atoms with Crippen LogP contribution in [0.25, 0.3) is 32.3 Å². The van der Waals surface area contributed by atoms with Gasteiger partial charge in [-0.15, -0.1) is 0 Å². The number of carbonyl (C=O) groups excluding carboxylic acids is 1. The molecule has 0 saturated carbocycles. The Morgan fingerprint density at radius 3 is 2.24 bits per heavy atom. The van der Waals surface area contributed by atoms with Gasteiger partial charge in [0.15, 0.2) is 6.23 Å². The number of hydrogen-bond donors (Lipinski definition) is 5. The van der Waals surface area contributed by atoms with Crippen LogP contribution in [0.3, 0.4) is 0 Å². The Hall–Kier alpha value is -2.81. The summed E-state index contributed by atoms with van der Waals surface area (Å²) in [4.78, 5) is 12.5. The Morgan fingerprint density at radius 1 is 0.848 bits per heavy atom. The molecule has 1 aliphatic heterocycles. The molecule has 7 nitrogen and oxygen atoms in total. The van der Waals surface area contributed by atoms with Crippen molar-refractivity contribution in [2.45, 2.75) is 49.9 Å². The first kappa shape index (κ1) is 22.0. The zero-order valence-electron chi connectivity index (χ0n) is 18.0. The molecule has 1 aliphatic rings. The van der Waals surface area contributed by atoms with Crippen molar-refractivity contribution in [1.29, 1.82) is 0 Å². The molecule has 0 bridgehead atoms. The largest absolute Gasteiger partial charge is 0.394 e. The Bertz CT molecular complexity index is 1270. The number of benzene rings is 4. The quantitative estimate of drug-likeness (QED) is 0.287. The summed E-state index contributed by atoms with van der Waals surface area (Å²) >= 11 is 0. The number of carbonyl (C=O) groups is 1. The lowest BCUT2D eigenvalue weighted by atomic mass is 9.90. The third-order valence-corrected chi connectivity index (χ3v) is 6.66. The average molecular weight is 450 g/mol. The van der Waals surface area contributed by atoms with Gasteiger partial charge in [0.25, 0.3) is 0 Å². The molecule has 33 heavy (non-hydrogen) atoms. The summed E-state index contributed by atoms with van der Waals surface area (Å²) in [6.07, 6.45) is -5.19. The van der Waals surface area contributed by atoms with Gasteiger partial charge in [0.1, 0.15) is 24.4 Å². The van der Waals surface area contributed by atoms with Gasteiger partial charge in [0.2, 0.25) is 5.91 Å². The molecule has 0 radical (unpaired) electrons. The van der Waals surface area contributed by atoms with Crippen LogP contribution in [0.15, 0.2) is 54.6 Å². The van der Waals surface area contributed by atoms with E-state index >= 15 is 0 Å². The lowest BCUT2D eigenvalue weighted by Gasteiger charge is -2.40. The average Bonchev–Trinajstić information content (AvgIpc) is 2.83. The van der Waals surface area contributed by atoms with Crippen LogP contribution in [0.2, 0.25) is 0 Å². The first-order valence-electron chi connectivity index (χ1n) is 11.2. The molecule has 0 aromatic heterocycles. The molecule has 0 spiro atoms. The molecule has 4 aromatic carbocycles. The van der Waals surface area contributed by atoms with Crippen LogP contribution in [0.5, 0.6) is 0 Å². The van der Waals surface area contributed by atoms with Gasteiger partial charge in [-0.1, -0.05) is 54.6 Å². The number of aliphatic hydroxyl groups is 4. The third kappa shape index (κ3) is 3.92. The summed E-state index contributed by atoms with van der Waals surface area (Å²) in [5, 5.41) is 49.0. The van der Waals surface area contributed by atoms with E-state index in [0.29, 0.717) is 12.8 Å². The van der Waals surface area contributed by atoms with Gasteiger partial charge in [-0.2, -0.15) is 0 Å². The molecule has 1 fully saturated rings. The minimum Gasteiger partial charge on any atom is -0.394 e. The number of aliphatic hydroxyl groups excluding tert-OH is 4. The summed E-state index contributed by atoms with van der Waals surface area (Å²) in [5.41, 5.74) is 1.17. The second-order valence-corrected chi connectivity index (χ2v) is 8.75. The predicted octanol–water partition coefficient (Wildman–Crippen LogP) is 1.82. The van der Waals surface area contributed by atoms with Crippen LogP contribution in [-0.4, -0.2) is 63.6 Å². The van der Waals surface area contributed by atoms with Crippen LogP contribution in [-0.2, 0) is 16.0 Å². The zero-order valence-corrected chi connectivity index (χ0v) is 18.0. The van der Waals surface area contributed by atoms with Crippen molar-refractivity contribution >= 4 is 38.2 Å². The van der Waals surface area contributed by atoms with E-state index in [1.54, 1.807) is 0 Å². The molecule has 172 valence electrons. The van der Waals surface area contributed by atoms with E-state index in [2.05, 4.69) is 59.9 Å². The molecule has 0 aliphatic carbocycles. The summed E-state index contributed by atoms with van der Waals surface area (Å²) < 4.78 is 5.35. The number of amides is 1. The van der Waals surface area contributed by atoms with E-state index in [-0.39, 0.29) is 12.3 Å². The van der Waals surface area contributed by atoms with Crippen LogP contribution < -0.4 is 5.32 Å². The minimum atomic E-state index is -1.52. The van der Waals surface area contributed by atoms with Gasteiger partial charge in [-0.3, -0.25) is 4.79 Å². The molecule has 1 amide bonds. The van der Waals surface area contributed by atoms with Crippen LogP contribution >= 0.6 is 0 Å². The van der Waals surface area contributed by atoms with Crippen LogP contribution in [0.4, 0.5) is 0 Å². The van der Waals surface area contributed by atoms with Gasteiger partial charge >= 0.3 is 0 Å². The maximum atomic E-state index is 12.5. The highest BCUT2D eigenvalue weighted by Gasteiger charge is 2.43. The second kappa shape index (κ2) is 8.85. The number of nitrogens with one attached hydrogen (secondary N) is 1. The van der Waals surface area contributed by atoms with Crippen molar-refractivity contribution in [3.8, 4) is 0 Å². The molecule has 1 heterocycles. The second-order valence-electron chi connectivity index (χ2n) is 8.75.